The van der Waals surface area contributed by atoms with E-state index in [1.807, 2.05) is 4.68 Å². The van der Waals surface area contributed by atoms with Crippen LogP contribution in [0, 0.1) is 13.8 Å². The summed E-state index contributed by atoms with van der Waals surface area (Å²) in [7, 11) is 0. The van der Waals surface area contributed by atoms with Crippen LogP contribution in [0.4, 0.5) is 5.69 Å². The van der Waals surface area contributed by atoms with Gasteiger partial charge in [0.15, 0.2) is 5.82 Å². The van der Waals surface area contributed by atoms with E-state index >= 15 is 0 Å². The Balaban J connectivity index is 1.37. The van der Waals surface area contributed by atoms with Gasteiger partial charge >= 0.3 is 0 Å². The van der Waals surface area contributed by atoms with E-state index < -0.39 is 0 Å². The van der Waals surface area contributed by atoms with Gasteiger partial charge in [0.2, 0.25) is 0 Å². The second-order valence-corrected chi connectivity index (χ2v) is 7.92. The van der Waals surface area contributed by atoms with Crippen LogP contribution in [-0.4, -0.2) is 51.3 Å². The van der Waals surface area contributed by atoms with Gasteiger partial charge in [-0.05, 0) is 52.9 Å². The van der Waals surface area contributed by atoms with Gasteiger partial charge in [0.25, 0.3) is 0 Å². The summed E-state index contributed by atoms with van der Waals surface area (Å²) < 4.78 is 1.92. The predicted octanol–water partition coefficient (Wildman–Crippen LogP) is 2.72. The number of aryl methyl sites for hydroxylation is 2. The molecule has 0 N–H and O–H groups in total. The van der Waals surface area contributed by atoms with E-state index in [0.717, 1.165) is 45.1 Å². The van der Waals surface area contributed by atoms with Gasteiger partial charge in [0, 0.05) is 36.7 Å². The normalized spacial score (nSPS) is 15.5. The lowest BCUT2D eigenvalue weighted by atomic mass is 10.1. The van der Waals surface area contributed by atoms with Gasteiger partial charge < -0.3 is 4.90 Å². The molecule has 6 nitrogen and oxygen atoms in total. The highest BCUT2D eigenvalue weighted by Crippen LogP contribution is 2.23. The van der Waals surface area contributed by atoms with Gasteiger partial charge in [-0.15, -0.1) is 16.4 Å². The molecule has 3 aromatic rings. The summed E-state index contributed by atoms with van der Waals surface area (Å²) in [5.41, 5.74) is 4.04. The predicted molar refractivity (Wildman–Crippen MR) is 105 cm³/mol. The van der Waals surface area contributed by atoms with Crippen molar-refractivity contribution in [3.8, 4) is 0 Å². The van der Waals surface area contributed by atoms with Crippen molar-refractivity contribution >= 4 is 17.0 Å². The third-order valence-corrected chi connectivity index (χ3v) is 5.80. The third kappa shape index (κ3) is 3.78. The molecule has 0 saturated carbocycles. The standard InChI is InChI=1S/C19H24N6S/c1-15-5-6-16(2)18(12-15)24-9-7-23(8-10-24)14-19-20-21-22-25(19)13-17-4-3-11-26-17/h3-6,11-12H,7-10,13-14H2,1-2H3. The fraction of sp³-hybridized carbons (Fsp3) is 0.421. The van der Waals surface area contributed by atoms with E-state index in [9.17, 15) is 0 Å². The monoisotopic (exact) mass is 368 g/mol. The molecule has 1 aliphatic heterocycles. The number of benzene rings is 1. The van der Waals surface area contributed by atoms with Crippen LogP contribution in [0.5, 0.6) is 0 Å². The highest BCUT2D eigenvalue weighted by Gasteiger charge is 2.20. The quantitative estimate of drug-likeness (QED) is 0.693. The van der Waals surface area contributed by atoms with Crippen LogP contribution in [0.3, 0.4) is 0 Å². The van der Waals surface area contributed by atoms with Crippen LogP contribution >= 0.6 is 11.3 Å². The van der Waals surface area contributed by atoms with Crippen LogP contribution < -0.4 is 4.90 Å². The summed E-state index contributed by atoms with van der Waals surface area (Å²) >= 11 is 1.74. The topological polar surface area (TPSA) is 50.1 Å². The Kier molecular flexibility index (Phi) is 4.99. The lowest BCUT2D eigenvalue weighted by molar-refractivity contribution is 0.240. The van der Waals surface area contributed by atoms with E-state index in [1.54, 1.807) is 11.3 Å². The maximum Gasteiger partial charge on any atom is 0.165 e. The third-order valence-electron chi connectivity index (χ3n) is 4.93. The van der Waals surface area contributed by atoms with E-state index in [1.165, 1.54) is 21.7 Å². The second kappa shape index (κ2) is 7.55. The van der Waals surface area contributed by atoms with E-state index in [0.29, 0.717) is 0 Å². The summed E-state index contributed by atoms with van der Waals surface area (Å²) in [6, 6.07) is 10.9. The fourth-order valence-corrected chi connectivity index (χ4v) is 4.10. The number of piperazine rings is 1. The molecule has 1 aromatic carbocycles. The minimum atomic E-state index is 0.752. The maximum absolute atomic E-state index is 4.24. The summed E-state index contributed by atoms with van der Waals surface area (Å²) in [6.07, 6.45) is 0. The molecule has 0 amide bonds. The lowest BCUT2D eigenvalue weighted by Crippen LogP contribution is -2.46. The number of aromatic nitrogens is 4. The molecule has 7 heteroatoms. The van der Waals surface area contributed by atoms with Crippen molar-refractivity contribution < 1.29 is 0 Å². The summed E-state index contributed by atoms with van der Waals surface area (Å²) in [5, 5.41) is 14.4. The van der Waals surface area contributed by atoms with E-state index in [4.69, 9.17) is 0 Å². The number of nitrogens with zero attached hydrogens (tertiary/aromatic N) is 6. The zero-order valence-corrected chi connectivity index (χ0v) is 16.1. The zero-order valence-electron chi connectivity index (χ0n) is 15.3. The van der Waals surface area contributed by atoms with Gasteiger partial charge in [-0.25, -0.2) is 4.68 Å². The summed E-state index contributed by atoms with van der Waals surface area (Å²) in [6.45, 7) is 10.0. The molecule has 2 aromatic heterocycles. The number of rotatable bonds is 5. The highest BCUT2D eigenvalue weighted by molar-refractivity contribution is 7.09. The van der Waals surface area contributed by atoms with Crippen LogP contribution in [0.15, 0.2) is 35.7 Å². The fourth-order valence-electron chi connectivity index (χ4n) is 3.42. The molecule has 0 bridgehead atoms. The van der Waals surface area contributed by atoms with Crippen molar-refractivity contribution in [2.24, 2.45) is 0 Å². The lowest BCUT2D eigenvalue weighted by Gasteiger charge is -2.36. The Bertz CT molecular complexity index is 849. The smallest absolute Gasteiger partial charge is 0.165 e. The van der Waals surface area contributed by atoms with Crippen molar-refractivity contribution in [3.05, 3.63) is 57.5 Å². The molecule has 136 valence electrons. The first-order chi connectivity index (χ1) is 12.7. The second-order valence-electron chi connectivity index (χ2n) is 6.89. The molecule has 4 rings (SSSR count). The van der Waals surface area contributed by atoms with Crippen LogP contribution in [0.25, 0.3) is 0 Å². The van der Waals surface area contributed by atoms with Crippen molar-refractivity contribution in [2.45, 2.75) is 26.9 Å². The molecule has 26 heavy (non-hydrogen) atoms. The molecular weight excluding hydrogens is 344 g/mol. The number of tetrazole rings is 1. The van der Waals surface area contributed by atoms with Gasteiger partial charge in [-0.3, -0.25) is 4.90 Å². The molecule has 1 aliphatic rings. The first-order valence-corrected chi connectivity index (χ1v) is 9.89. The molecule has 0 radical (unpaired) electrons. The van der Waals surface area contributed by atoms with Gasteiger partial charge in [0.1, 0.15) is 0 Å². The van der Waals surface area contributed by atoms with Crippen LogP contribution in [-0.2, 0) is 13.1 Å². The van der Waals surface area contributed by atoms with E-state index in [-0.39, 0.29) is 0 Å². The minimum absolute atomic E-state index is 0.752. The Hall–Kier alpha value is -2.25. The van der Waals surface area contributed by atoms with Crippen LogP contribution in [0.2, 0.25) is 0 Å². The average Bonchev–Trinajstić information content (AvgIpc) is 3.31. The highest BCUT2D eigenvalue weighted by atomic mass is 32.1. The first kappa shape index (κ1) is 17.2. The average molecular weight is 369 g/mol. The molecular formula is C19H24N6S. The molecule has 0 spiro atoms. The number of thiophene rings is 1. The molecule has 0 aliphatic carbocycles. The first-order valence-electron chi connectivity index (χ1n) is 9.01. The van der Waals surface area contributed by atoms with Crippen LogP contribution in [0.1, 0.15) is 21.8 Å². The molecule has 1 fully saturated rings. The SMILES string of the molecule is Cc1ccc(C)c(N2CCN(Cc3nnnn3Cc3cccs3)CC2)c1. The zero-order chi connectivity index (χ0) is 17.9. The van der Waals surface area contributed by atoms with Crippen molar-refractivity contribution in [3.63, 3.8) is 0 Å². The molecule has 0 unspecified atom stereocenters. The van der Waals surface area contributed by atoms with Crippen molar-refractivity contribution in [1.82, 2.24) is 25.1 Å². The number of anilines is 1. The van der Waals surface area contributed by atoms with Gasteiger partial charge in [0.05, 0.1) is 13.1 Å². The Morgan fingerprint density at radius 1 is 1.04 bits per heavy atom. The Morgan fingerprint density at radius 2 is 1.88 bits per heavy atom. The van der Waals surface area contributed by atoms with Crippen molar-refractivity contribution in [1.29, 1.82) is 0 Å². The van der Waals surface area contributed by atoms with Gasteiger partial charge in [-0.2, -0.15) is 0 Å². The van der Waals surface area contributed by atoms with Crippen molar-refractivity contribution in [2.75, 3.05) is 31.1 Å². The summed E-state index contributed by atoms with van der Waals surface area (Å²) in [5.74, 6) is 0.943. The maximum atomic E-state index is 4.24. The molecule has 0 atom stereocenters. The van der Waals surface area contributed by atoms with E-state index in [2.05, 4.69) is 74.9 Å². The minimum Gasteiger partial charge on any atom is -0.369 e. The Labute approximate surface area is 158 Å². The van der Waals surface area contributed by atoms with Gasteiger partial charge in [-0.1, -0.05) is 18.2 Å². The number of hydrogen-bond acceptors (Lipinski definition) is 6. The summed E-state index contributed by atoms with van der Waals surface area (Å²) in [4.78, 5) is 6.21. The molecule has 1 saturated heterocycles. The largest absolute Gasteiger partial charge is 0.369 e. The molecule has 3 heterocycles. The Morgan fingerprint density at radius 3 is 2.65 bits per heavy atom. The number of hydrogen-bond donors (Lipinski definition) is 0.